The van der Waals surface area contributed by atoms with Crippen molar-refractivity contribution in [1.82, 2.24) is 14.9 Å². The molecular formula is C14H16N4OS. The number of anilines is 2. The average Bonchev–Trinajstić information content (AvgIpc) is 3.07. The SMILES string of the molecule is CC(=O)N1CCC[C@H]1c1csc(Nc2ccccn2)n1. The lowest BCUT2D eigenvalue weighted by molar-refractivity contribution is -0.129. The number of likely N-dealkylation sites (tertiary alicyclic amines) is 1. The fraction of sp³-hybridized carbons (Fsp3) is 0.357. The van der Waals surface area contributed by atoms with Crippen molar-refractivity contribution in [2.45, 2.75) is 25.8 Å². The van der Waals surface area contributed by atoms with Crippen LogP contribution < -0.4 is 5.32 Å². The first-order chi connectivity index (χ1) is 9.74. The maximum Gasteiger partial charge on any atom is 0.220 e. The topological polar surface area (TPSA) is 58.1 Å². The van der Waals surface area contributed by atoms with Crippen LogP contribution in [0.15, 0.2) is 29.8 Å². The van der Waals surface area contributed by atoms with E-state index in [1.54, 1.807) is 24.5 Å². The summed E-state index contributed by atoms with van der Waals surface area (Å²) >= 11 is 1.54. The number of rotatable bonds is 3. The van der Waals surface area contributed by atoms with Gasteiger partial charge in [0.15, 0.2) is 5.13 Å². The molecule has 5 nitrogen and oxygen atoms in total. The number of amides is 1. The van der Waals surface area contributed by atoms with Crippen molar-refractivity contribution in [1.29, 1.82) is 0 Å². The minimum atomic E-state index is 0.125. The number of thiazole rings is 1. The summed E-state index contributed by atoms with van der Waals surface area (Å²) in [6, 6.07) is 5.83. The lowest BCUT2D eigenvalue weighted by Gasteiger charge is -2.21. The van der Waals surface area contributed by atoms with Crippen molar-refractivity contribution >= 4 is 28.2 Å². The van der Waals surface area contributed by atoms with E-state index in [1.807, 2.05) is 28.5 Å². The highest BCUT2D eigenvalue weighted by Gasteiger charge is 2.29. The Morgan fingerprint density at radius 1 is 1.50 bits per heavy atom. The van der Waals surface area contributed by atoms with Crippen molar-refractivity contribution in [2.24, 2.45) is 0 Å². The summed E-state index contributed by atoms with van der Waals surface area (Å²) in [5, 5.41) is 6.02. The number of carbonyl (C=O) groups excluding carboxylic acids is 1. The third-order valence-electron chi connectivity index (χ3n) is 3.42. The van der Waals surface area contributed by atoms with Crippen molar-refractivity contribution in [3.8, 4) is 0 Å². The van der Waals surface area contributed by atoms with Crippen LogP contribution in [0, 0.1) is 0 Å². The Bertz CT molecular complexity index is 598. The zero-order valence-electron chi connectivity index (χ0n) is 11.2. The zero-order chi connectivity index (χ0) is 13.9. The maximum atomic E-state index is 11.6. The van der Waals surface area contributed by atoms with Gasteiger partial charge in [0.1, 0.15) is 5.82 Å². The molecule has 1 fully saturated rings. The Balaban J connectivity index is 1.75. The highest BCUT2D eigenvalue weighted by molar-refractivity contribution is 7.13. The smallest absolute Gasteiger partial charge is 0.220 e. The largest absolute Gasteiger partial charge is 0.334 e. The molecule has 3 heterocycles. The molecule has 1 aliphatic heterocycles. The third-order valence-corrected chi connectivity index (χ3v) is 4.20. The molecule has 1 saturated heterocycles. The highest BCUT2D eigenvalue weighted by atomic mass is 32.1. The van der Waals surface area contributed by atoms with Crippen LogP contribution in [0.4, 0.5) is 10.9 Å². The first-order valence-electron chi connectivity index (χ1n) is 6.65. The minimum absolute atomic E-state index is 0.125. The number of hydrogen-bond acceptors (Lipinski definition) is 5. The lowest BCUT2D eigenvalue weighted by Crippen LogP contribution is -2.28. The number of nitrogens with one attached hydrogen (secondary N) is 1. The molecule has 0 saturated carbocycles. The van der Waals surface area contributed by atoms with E-state index in [1.165, 1.54) is 0 Å². The van der Waals surface area contributed by atoms with E-state index in [0.29, 0.717) is 0 Å². The second-order valence-electron chi connectivity index (χ2n) is 4.79. The molecule has 104 valence electrons. The zero-order valence-corrected chi connectivity index (χ0v) is 12.1. The minimum Gasteiger partial charge on any atom is -0.334 e. The van der Waals surface area contributed by atoms with Gasteiger partial charge in [0.25, 0.3) is 0 Å². The molecule has 0 spiro atoms. The van der Waals surface area contributed by atoms with Gasteiger partial charge in [-0.25, -0.2) is 9.97 Å². The number of carbonyl (C=O) groups is 1. The molecule has 20 heavy (non-hydrogen) atoms. The van der Waals surface area contributed by atoms with Crippen LogP contribution in [0.1, 0.15) is 31.5 Å². The van der Waals surface area contributed by atoms with Gasteiger partial charge in [0, 0.05) is 25.0 Å². The van der Waals surface area contributed by atoms with Gasteiger partial charge < -0.3 is 10.2 Å². The molecule has 0 bridgehead atoms. The molecule has 0 aromatic carbocycles. The molecule has 1 N–H and O–H groups in total. The van der Waals surface area contributed by atoms with E-state index < -0.39 is 0 Å². The van der Waals surface area contributed by atoms with Crippen molar-refractivity contribution in [3.63, 3.8) is 0 Å². The molecule has 0 radical (unpaired) electrons. The van der Waals surface area contributed by atoms with Crippen LogP contribution in [-0.4, -0.2) is 27.3 Å². The van der Waals surface area contributed by atoms with Gasteiger partial charge in [-0.2, -0.15) is 0 Å². The fourth-order valence-electron chi connectivity index (χ4n) is 2.49. The first kappa shape index (κ1) is 13.1. The molecule has 1 amide bonds. The van der Waals surface area contributed by atoms with Crippen LogP contribution in [0.3, 0.4) is 0 Å². The van der Waals surface area contributed by atoms with Gasteiger partial charge >= 0.3 is 0 Å². The van der Waals surface area contributed by atoms with Crippen LogP contribution in [-0.2, 0) is 4.79 Å². The molecular weight excluding hydrogens is 272 g/mol. The molecule has 2 aromatic heterocycles. The summed E-state index contributed by atoms with van der Waals surface area (Å²) < 4.78 is 0. The normalized spacial score (nSPS) is 18.2. The van der Waals surface area contributed by atoms with Gasteiger partial charge in [-0.05, 0) is 25.0 Å². The second kappa shape index (κ2) is 5.58. The van der Waals surface area contributed by atoms with Crippen LogP contribution in [0.5, 0.6) is 0 Å². The highest BCUT2D eigenvalue weighted by Crippen LogP contribution is 2.34. The first-order valence-corrected chi connectivity index (χ1v) is 7.52. The summed E-state index contributed by atoms with van der Waals surface area (Å²) in [7, 11) is 0. The molecule has 1 atom stereocenters. The van der Waals surface area contributed by atoms with E-state index in [-0.39, 0.29) is 11.9 Å². The average molecular weight is 288 g/mol. The van der Waals surface area contributed by atoms with Gasteiger partial charge in [-0.15, -0.1) is 11.3 Å². The van der Waals surface area contributed by atoms with Crippen molar-refractivity contribution < 1.29 is 4.79 Å². The Labute approximate surface area is 121 Å². The third kappa shape index (κ3) is 2.65. The molecule has 0 aliphatic carbocycles. The van der Waals surface area contributed by atoms with Crippen molar-refractivity contribution in [2.75, 3.05) is 11.9 Å². The number of nitrogens with zero attached hydrogens (tertiary/aromatic N) is 3. The predicted molar refractivity (Wildman–Crippen MR) is 79.0 cm³/mol. The lowest BCUT2D eigenvalue weighted by atomic mass is 10.2. The summed E-state index contributed by atoms with van der Waals surface area (Å²) in [6.45, 7) is 2.46. The Morgan fingerprint density at radius 2 is 2.40 bits per heavy atom. The van der Waals surface area contributed by atoms with Crippen molar-refractivity contribution in [3.05, 3.63) is 35.5 Å². The fourth-order valence-corrected chi connectivity index (χ4v) is 3.26. The van der Waals surface area contributed by atoms with E-state index in [9.17, 15) is 4.79 Å². The summed E-state index contributed by atoms with van der Waals surface area (Å²) in [5.41, 5.74) is 0.973. The van der Waals surface area contributed by atoms with E-state index in [2.05, 4.69) is 15.3 Å². The Morgan fingerprint density at radius 3 is 3.15 bits per heavy atom. The molecule has 6 heteroatoms. The van der Waals surface area contributed by atoms with E-state index in [0.717, 1.165) is 36.0 Å². The van der Waals surface area contributed by atoms with Crippen LogP contribution in [0.2, 0.25) is 0 Å². The Kier molecular flexibility index (Phi) is 3.64. The van der Waals surface area contributed by atoms with Gasteiger partial charge in [-0.3, -0.25) is 4.79 Å². The number of hydrogen-bond donors (Lipinski definition) is 1. The molecule has 3 rings (SSSR count). The van der Waals surface area contributed by atoms with Crippen LogP contribution in [0.25, 0.3) is 0 Å². The van der Waals surface area contributed by atoms with E-state index >= 15 is 0 Å². The summed E-state index contributed by atoms with van der Waals surface area (Å²) in [5.74, 6) is 0.906. The van der Waals surface area contributed by atoms with Gasteiger partial charge in [0.2, 0.25) is 5.91 Å². The molecule has 0 unspecified atom stereocenters. The van der Waals surface area contributed by atoms with E-state index in [4.69, 9.17) is 0 Å². The predicted octanol–water partition coefficient (Wildman–Crippen LogP) is 2.97. The Hall–Kier alpha value is -1.95. The number of pyridine rings is 1. The summed E-state index contributed by atoms with van der Waals surface area (Å²) in [6.07, 6.45) is 3.78. The quantitative estimate of drug-likeness (QED) is 0.943. The van der Waals surface area contributed by atoms with Gasteiger partial charge in [-0.1, -0.05) is 6.07 Å². The second-order valence-corrected chi connectivity index (χ2v) is 5.65. The monoisotopic (exact) mass is 288 g/mol. The maximum absolute atomic E-state index is 11.6. The molecule has 2 aromatic rings. The molecule has 1 aliphatic rings. The van der Waals surface area contributed by atoms with Gasteiger partial charge in [0.05, 0.1) is 11.7 Å². The summed E-state index contributed by atoms with van der Waals surface area (Å²) in [4.78, 5) is 22.3. The standard InChI is InChI=1S/C14H16N4OS/c1-10(19)18-8-4-5-12(18)11-9-20-14(16-11)17-13-6-2-3-7-15-13/h2-3,6-7,9,12H,4-5,8H2,1H3,(H,15,16,17)/t12-/m0/s1. The van der Waals surface area contributed by atoms with Crippen LogP contribution >= 0.6 is 11.3 Å². The number of aromatic nitrogens is 2.